The molecular formula is C8H7NO5. The third-order valence-corrected chi connectivity index (χ3v) is 1.62. The largest absolute Gasteiger partial charge is 0.508 e. The molecule has 3 N–H and O–H groups in total. The van der Waals surface area contributed by atoms with Crippen molar-refractivity contribution in [1.82, 2.24) is 0 Å². The van der Waals surface area contributed by atoms with E-state index in [1.165, 1.54) is 0 Å². The van der Waals surface area contributed by atoms with Gasteiger partial charge in [0.15, 0.2) is 11.5 Å². The lowest BCUT2D eigenvalue weighted by atomic mass is 10.1. The third kappa shape index (κ3) is 1.98. The number of carbonyl (C=O) groups is 1. The summed E-state index contributed by atoms with van der Waals surface area (Å²) >= 11 is 0. The van der Waals surface area contributed by atoms with E-state index >= 15 is 0 Å². The second-order valence-corrected chi connectivity index (χ2v) is 2.63. The Hall–Kier alpha value is -2.11. The summed E-state index contributed by atoms with van der Waals surface area (Å²) in [6, 6.07) is 1.87. The van der Waals surface area contributed by atoms with Gasteiger partial charge in [-0.2, -0.15) is 0 Å². The van der Waals surface area contributed by atoms with Crippen LogP contribution in [0, 0.1) is 4.91 Å². The maximum Gasteiger partial charge on any atom is 0.290 e. The number of rotatable bonds is 2. The number of carbonyl (C=O) groups excluding carboxylic acids is 1. The van der Waals surface area contributed by atoms with Crippen LogP contribution in [0.3, 0.4) is 0 Å². The first-order valence-corrected chi connectivity index (χ1v) is 3.64. The smallest absolute Gasteiger partial charge is 0.290 e. The van der Waals surface area contributed by atoms with Gasteiger partial charge in [-0.3, -0.25) is 4.79 Å². The predicted molar refractivity (Wildman–Crippen MR) is 45.9 cm³/mol. The number of hydrogen-bond donors (Lipinski definition) is 3. The van der Waals surface area contributed by atoms with Crippen LogP contribution in [0.4, 0.5) is 0 Å². The third-order valence-electron chi connectivity index (χ3n) is 1.62. The van der Waals surface area contributed by atoms with Crippen molar-refractivity contribution in [1.29, 1.82) is 0 Å². The number of aromatic hydroxyl groups is 3. The number of benzene rings is 1. The first kappa shape index (κ1) is 9.97. The molecule has 0 aliphatic carbocycles. The van der Waals surface area contributed by atoms with Crippen LogP contribution in [-0.2, 0) is 11.2 Å². The van der Waals surface area contributed by atoms with Gasteiger partial charge >= 0.3 is 0 Å². The molecule has 1 rings (SSSR count). The number of phenolic OH excluding ortho intramolecular Hbond substituents is 3. The second-order valence-electron chi connectivity index (χ2n) is 2.63. The monoisotopic (exact) mass is 197 g/mol. The Labute approximate surface area is 78.4 Å². The first-order valence-electron chi connectivity index (χ1n) is 3.64. The van der Waals surface area contributed by atoms with E-state index in [9.17, 15) is 14.8 Å². The van der Waals surface area contributed by atoms with Crippen molar-refractivity contribution in [3.05, 3.63) is 22.6 Å². The number of phenols is 3. The van der Waals surface area contributed by atoms with Crippen molar-refractivity contribution in [3.8, 4) is 17.2 Å². The van der Waals surface area contributed by atoms with Crippen molar-refractivity contribution < 1.29 is 20.1 Å². The summed E-state index contributed by atoms with van der Waals surface area (Å²) in [7, 11) is 0. The first-order chi connectivity index (χ1) is 6.54. The number of nitroso groups, excluding NO2 is 1. The van der Waals surface area contributed by atoms with E-state index in [1.54, 1.807) is 0 Å². The minimum Gasteiger partial charge on any atom is -0.508 e. The maximum absolute atomic E-state index is 10.6. The van der Waals surface area contributed by atoms with Gasteiger partial charge in [0, 0.05) is 16.8 Å². The van der Waals surface area contributed by atoms with Crippen molar-refractivity contribution in [3.63, 3.8) is 0 Å². The van der Waals surface area contributed by atoms with E-state index in [-0.39, 0.29) is 11.3 Å². The zero-order valence-electron chi connectivity index (χ0n) is 6.97. The topological polar surface area (TPSA) is 107 Å². The molecule has 0 aromatic heterocycles. The Morgan fingerprint density at radius 1 is 1.14 bits per heavy atom. The van der Waals surface area contributed by atoms with Crippen molar-refractivity contribution in [2.24, 2.45) is 5.18 Å². The van der Waals surface area contributed by atoms with Crippen LogP contribution in [-0.4, -0.2) is 21.2 Å². The SMILES string of the molecule is O=NC(=O)Cc1cc(O)c(O)cc1O. The molecule has 0 radical (unpaired) electrons. The summed E-state index contributed by atoms with van der Waals surface area (Å²) in [5.41, 5.74) is 0.0323. The molecule has 0 spiro atoms. The van der Waals surface area contributed by atoms with Gasteiger partial charge in [-0.25, -0.2) is 0 Å². The molecule has 1 aromatic rings. The quantitative estimate of drug-likeness (QED) is 0.366. The van der Waals surface area contributed by atoms with Gasteiger partial charge in [-0.1, -0.05) is 0 Å². The molecule has 0 heterocycles. The highest BCUT2D eigenvalue weighted by Crippen LogP contribution is 2.32. The molecule has 14 heavy (non-hydrogen) atoms. The average Bonchev–Trinajstić information content (AvgIpc) is 2.14. The van der Waals surface area contributed by atoms with E-state index in [0.29, 0.717) is 0 Å². The van der Waals surface area contributed by atoms with Gasteiger partial charge in [0.2, 0.25) is 0 Å². The standard InChI is InChI=1S/C8H7NO5/c10-5-3-7(12)6(11)1-4(5)2-8(13)9-14/h1,3,10-12H,2H2. The highest BCUT2D eigenvalue weighted by atomic mass is 16.3. The second kappa shape index (κ2) is 3.73. The van der Waals surface area contributed by atoms with Crippen LogP contribution >= 0.6 is 0 Å². The van der Waals surface area contributed by atoms with Crippen molar-refractivity contribution in [2.45, 2.75) is 6.42 Å². The van der Waals surface area contributed by atoms with Crippen LogP contribution < -0.4 is 0 Å². The van der Waals surface area contributed by atoms with E-state index in [4.69, 9.17) is 10.2 Å². The molecule has 6 nitrogen and oxygen atoms in total. The predicted octanol–water partition coefficient (Wildman–Crippen LogP) is 0.639. The highest BCUT2D eigenvalue weighted by molar-refractivity contribution is 5.80. The minimum absolute atomic E-state index is 0.0323. The summed E-state index contributed by atoms with van der Waals surface area (Å²) in [6.07, 6.45) is -0.414. The fraction of sp³-hybridized carbons (Fsp3) is 0.125. The Bertz CT molecular complexity index is 388. The molecule has 1 amide bonds. The normalized spacial score (nSPS) is 9.71. The number of nitrogens with zero attached hydrogens (tertiary/aromatic N) is 1. The lowest BCUT2D eigenvalue weighted by Gasteiger charge is -2.03. The van der Waals surface area contributed by atoms with Crippen molar-refractivity contribution >= 4 is 5.91 Å². The van der Waals surface area contributed by atoms with Gasteiger partial charge in [0.25, 0.3) is 5.91 Å². The molecule has 74 valence electrons. The zero-order valence-corrected chi connectivity index (χ0v) is 6.97. The lowest BCUT2D eigenvalue weighted by molar-refractivity contribution is -0.117. The Balaban J connectivity index is 3.03. The Morgan fingerprint density at radius 2 is 1.71 bits per heavy atom. The summed E-state index contributed by atoms with van der Waals surface area (Å²) in [5.74, 6) is -2.32. The molecule has 0 aliphatic heterocycles. The number of amides is 1. The fourth-order valence-electron chi connectivity index (χ4n) is 0.946. The van der Waals surface area contributed by atoms with Crippen LogP contribution in [0.15, 0.2) is 17.3 Å². The zero-order chi connectivity index (χ0) is 10.7. The van der Waals surface area contributed by atoms with Gasteiger partial charge < -0.3 is 15.3 Å². The molecule has 0 atom stereocenters. The van der Waals surface area contributed by atoms with Crippen LogP contribution in [0.2, 0.25) is 0 Å². The van der Waals surface area contributed by atoms with Crippen LogP contribution in [0.25, 0.3) is 0 Å². The van der Waals surface area contributed by atoms with E-state index in [1.807, 2.05) is 0 Å². The van der Waals surface area contributed by atoms with Gasteiger partial charge in [0.1, 0.15) is 5.75 Å². The van der Waals surface area contributed by atoms with E-state index in [2.05, 4.69) is 5.18 Å². The van der Waals surface area contributed by atoms with Gasteiger partial charge in [-0.05, 0) is 6.07 Å². The molecule has 0 fully saturated rings. The molecule has 0 saturated heterocycles. The van der Waals surface area contributed by atoms with Crippen molar-refractivity contribution in [2.75, 3.05) is 0 Å². The molecule has 0 aliphatic rings. The van der Waals surface area contributed by atoms with Crippen LogP contribution in [0.5, 0.6) is 17.2 Å². The molecule has 1 aromatic carbocycles. The molecule has 0 saturated carbocycles. The van der Waals surface area contributed by atoms with Crippen LogP contribution in [0.1, 0.15) is 5.56 Å². The Kier molecular flexibility index (Phi) is 2.66. The fourth-order valence-corrected chi connectivity index (χ4v) is 0.946. The summed E-state index contributed by atoms with van der Waals surface area (Å²) < 4.78 is 0. The minimum atomic E-state index is -0.967. The van der Waals surface area contributed by atoms with E-state index < -0.39 is 23.8 Å². The molecule has 6 heteroatoms. The van der Waals surface area contributed by atoms with E-state index in [0.717, 1.165) is 12.1 Å². The summed E-state index contributed by atoms with van der Waals surface area (Å²) in [4.78, 5) is 20.4. The summed E-state index contributed by atoms with van der Waals surface area (Å²) in [6.45, 7) is 0. The summed E-state index contributed by atoms with van der Waals surface area (Å²) in [5, 5.41) is 29.3. The van der Waals surface area contributed by atoms with Gasteiger partial charge in [-0.15, -0.1) is 4.91 Å². The maximum atomic E-state index is 10.6. The Morgan fingerprint density at radius 3 is 2.29 bits per heavy atom. The lowest BCUT2D eigenvalue weighted by Crippen LogP contribution is -1.97. The molecule has 0 bridgehead atoms. The highest BCUT2D eigenvalue weighted by Gasteiger charge is 2.11. The van der Waals surface area contributed by atoms with Gasteiger partial charge in [0.05, 0.1) is 6.42 Å². The molecular weight excluding hydrogens is 190 g/mol. The molecule has 0 unspecified atom stereocenters. The average molecular weight is 197 g/mol. The number of hydrogen-bond acceptors (Lipinski definition) is 5.